The summed E-state index contributed by atoms with van der Waals surface area (Å²) in [4.78, 5) is 6.56. The van der Waals surface area contributed by atoms with Crippen molar-refractivity contribution in [1.29, 1.82) is 5.26 Å². The Hall–Kier alpha value is -3.96. The predicted octanol–water partition coefficient (Wildman–Crippen LogP) is 4.94. The SMILES string of the molecule is N#Cc1cccc(-c2cc3ncc(-c4cc(F)cc(F)c4)c(N4CCC(N)CC4)c3o2)c1O. The summed E-state index contributed by atoms with van der Waals surface area (Å²) in [5, 5.41) is 19.7. The highest BCUT2D eigenvalue weighted by Gasteiger charge is 2.25. The van der Waals surface area contributed by atoms with Gasteiger partial charge in [0.15, 0.2) is 5.58 Å². The van der Waals surface area contributed by atoms with Gasteiger partial charge in [-0.25, -0.2) is 8.78 Å². The van der Waals surface area contributed by atoms with Gasteiger partial charge in [0.05, 0.1) is 16.8 Å². The van der Waals surface area contributed by atoms with Crippen LogP contribution in [-0.2, 0) is 0 Å². The molecule has 1 aliphatic heterocycles. The second-order valence-electron chi connectivity index (χ2n) is 8.14. The van der Waals surface area contributed by atoms with Gasteiger partial charge in [0.25, 0.3) is 0 Å². The molecule has 0 bridgehead atoms. The Morgan fingerprint density at radius 2 is 1.82 bits per heavy atom. The largest absolute Gasteiger partial charge is 0.506 e. The molecule has 1 fully saturated rings. The number of halogens is 2. The summed E-state index contributed by atoms with van der Waals surface area (Å²) in [6.07, 6.45) is 3.10. The number of nitriles is 1. The standard InChI is InChI=1S/C25H20F2N4O2/c26-16-8-15(9-17(27)10-16)20-13-30-21-11-22(19-3-1-2-14(12-28)24(19)32)33-25(21)23(20)31-6-4-18(29)5-7-31/h1-3,8-11,13,18,32H,4-7,29H2. The van der Waals surface area contributed by atoms with Gasteiger partial charge < -0.3 is 20.2 Å². The Labute approximate surface area is 188 Å². The van der Waals surface area contributed by atoms with Crippen molar-refractivity contribution in [2.45, 2.75) is 18.9 Å². The summed E-state index contributed by atoms with van der Waals surface area (Å²) in [6, 6.07) is 11.9. The highest BCUT2D eigenvalue weighted by atomic mass is 19.1. The van der Waals surface area contributed by atoms with Crippen LogP contribution in [0.5, 0.6) is 5.75 Å². The van der Waals surface area contributed by atoms with Gasteiger partial charge in [-0.15, -0.1) is 0 Å². The fourth-order valence-electron chi connectivity index (χ4n) is 4.29. The van der Waals surface area contributed by atoms with Gasteiger partial charge in [-0.05, 0) is 42.7 Å². The van der Waals surface area contributed by atoms with E-state index in [0.717, 1.165) is 18.9 Å². The highest BCUT2D eigenvalue weighted by Crippen LogP contribution is 2.42. The molecule has 3 heterocycles. The number of nitrogens with zero attached hydrogens (tertiary/aromatic N) is 3. The lowest BCUT2D eigenvalue weighted by molar-refractivity contribution is 0.473. The average molecular weight is 446 g/mol. The number of para-hydroxylation sites is 1. The van der Waals surface area contributed by atoms with E-state index in [1.54, 1.807) is 24.4 Å². The van der Waals surface area contributed by atoms with Gasteiger partial charge in [0, 0.05) is 43.0 Å². The van der Waals surface area contributed by atoms with Crippen LogP contribution in [0.2, 0.25) is 0 Å². The first-order chi connectivity index (χ1) is 15.9. The molecule has 3 N–H and O–H groups in total. The first-order valence-electron chi connectivity index (χ1n) is 10.6. The van der Waals surface area contributed by atoms with Crippen molar-refractivity contribution >= 4 is 16.8 Å². The van der Waals surface area contributed by atoms with Crippen LogP contribution < -0.4 is 10.6 Å². The summed E-state index contributed by atoms with van der Waals surface area (Å²) >= 11 is 0. The topological polar surface area (TPSA) is 99.3 Å². The van der Waals surface area contributed by atoms with Crippen molar-refractivity contribution in [2.75, 3.05) is 18.0 Å². The zero-order chi connectivity index (χ0) is 23.1. The second-order valence-corrected chi connectivity index (χ2v) is 8.14. The van der Waals surface area contributed by atoms with Crippen LogP contribution in [-0.4, -0.2) is 29.2 Å². The van der Waals surface area contributed by atoms with Gasteiger partial charge in [0.1, 0.15) is 34.7 Å². The van der Waals surface area contributed by atoms with Crippen molar-refractivity contribution in [3.8, 4) is 34.3 Å². The van der Waals surface area contributed by atoms with Gasteiger partial charge in [-0.3, -0.25) is 4.98 Å². The van der Waals surface area contributed by atoms with Crippen molar-refractivity contribution in [1.82, 2.24) is 4.98 Å². The third-order valence-corrected chi connectivity index (χ3v) is 5.97. The molecule has 5 rings (SSSR count). The Morgan fingerprint density at radius 1 is 1.09 bits per heavy atom. The summed E-state index contributed by atoms with van der Waals surface area (Å²) in [7, 11) is 0. The third-order valence-electron chi connectivity index (χ3n) is 5.97. The second kappa shape index (κ2) is 8.19. The maximum absolute atomic E-state index is 14.0. The molecule has 4 aromatic rings. The summed E-state index contributed by atoms with van der Waals surface area (Å²) in [6.45, 7) is 1.30. The lowest BCUT2D eigenvalue weighted by Gasteiger charge is -2.33. The molecular formula is C25H20F2N4O2. The summed E-state index contributed by atoms with van der Waals surface area (Å²) in [5.41, 5.74) is 9.08. The van der Waals surface area contributed by atoms with Crippen molar-refractivity contribution in [3.05, 3.63) is 65.9 Å². The summed E-state index contributed by atoms with van der Waals surface area (Å²) in [5.74, 6) is -1.22. The number of pyridine rings is 1. The van der Waals surface area contributed by atoms with E-state index in [4.69, 9.17) is 10.2 Å². The Bertz CT molecular complexity index is 1380. The number of nitrogens with two attached hydrogens (primary N) is 1. The predicted molar refractivity (Wildman–Crippen MR) is 121 cm³/mol. The molecule has 0 atom stereocenters. The van der Waals surface area contributed by atoms with Crippen LogP contribution in [0.1, 0.15) is 18.4 Å². The number of hydrogen-bond donors (Lipinski definition) is 2. The number of phenolic OH excluding ortho intramolecular Hbond substituents is 1. The monoisotopic (exact) mass is 446 g/mol. The van der Waals surface area contributed by atoms with Gasteiger partial charge >= 0.3 is 0 Å². The van der Waals surface area contributed by atoms with Crippen molar-refractivity contribution in [3.63, 3.8) is 0 Å². The molecule has 8 heteroatoms. The molecule has 0 amide bonds. The molecule has 6 nitrogen and oxygen atoms in total. The zero-order valence-electron chi connectivity index (χ0n) is 17.6. The number of furan rings is 1. The zero-order valence-corrected chi connectivity index (χ0v) is 17.6. The average Bonchev–Trinajstić information content (AvgIpc) is 3.22. The fraction of sp³-hybridized carbons (Fsp3) is 0.200. The van der Waals surface area contributed by atoms with E-state index in [1.165, 1.54) is 18.2 Å². The molecule has 0 spiro atoms. The van der Waals surface area contributed by atoms with E-state index in [2.05, 4.69) is 9.88 Å². The number of benzene rings is 2. The van der Waals surface area contributed by atoms with Crippen molar-refractivity contribution in [2.24, 2.45) is 5.73 Å². The Morgan fingerprint density at radius 3 is 2.52 bits per heavy atom. The lowest BCUT2D eigenvalue weighted by Crippen LogP contribution is -2.40. The first-order valence-corrected chi connectivity index (χ1v) is 10.6. The molecule has 2 aromatic carbocycles. The first kappa shape index (κ1) is 20.9. The van der Waals surface area contributed by atoms with Crippen LogP contribution >= 0.6 is 0 Å². The lowest BCUT2D eigenvalue weighted by atomic mass is 10.0. The molecule has 33 heavy (non-hydrogen) atoms. The highest BCUT2D eigenvalue weighted by molar-refractivity contribution is 5.98. The van der Waals surface area contributed by atoms with Crippen LogP contribution in [0, 0.1) is 23.0 Å². The number of fused-ring (bicyclic) bond motifs is 1. The number of aromatic hydroxyl groups is 1. The smallest absolute Gasteiger partial charge is 0.177 e. The molecule has 0 aliphatic carbocycles. The molecular weight excluding hydrogens is 426 g/mol. The van der Waals surface area contributed by atoms with Gasteiger partial charge in [0.2, 0.25) is 0 Å². The number of hydrogen-bond acceptors (Lipinski definition) is 6. The minimum Gasteiger partial charge on any atom is -0.506 e. The van der Waals surface area contributed by atoms with E-state index in [1.807, 2.05) is 6.07 Å². The van der Waals surface area contributed by atoms with E-state index in [-0.39, 0.29) is 17.4 Å². The molecule has 2 aromatic heterocycles. The van der Waals surface area contributed by atoms with Crippen LogP contribution in [0.3, 0.4) is 0 Å². The quantitative estimate of drug-likeness (QED) is 0.462. The van der Waals surface area contributed by atoms with Crippen LogP contribution in [0.15, 0.2) is 53.1 Å². The van der Waals surface area contributed by atoms with Crippen molar-refractivity contribution < 1.29 is 18.3 Å². The molecule has 1 aliphatic rings. The molecule has 0 saturated carbocycles. The fourth-order valence-corrected chi connectivity index (χ4v) is 4.29. The van der Waals surface area contributed by atoms with Crippen LogP contribution in [0.4, 0.5) is 14.5 Å². The molecule has 0 unspecified atom stereocenters. The minimum absolute atomic E-state index is 0.0893. The van der Waals surface area contributed by atoms with E-state index >= 15 is 0 Å². The normalized spacial score (nSPS) is 14.5. The molecule has 1 saturated heterocycles. The van der Waals surface area contributed by atoms with E-state index < -0.39 is 11.6 Å². The summed E-state index contributed by atoms with van der Waals surface area (Å²) < 4.78 is 34.2. The third kappa shape index (κ3) is 3.77. The van der Waals surface area contributed by atoms with Crippen LogP contribution in [0.25, 0.3) is 33.6 Å². The van der Waals surface area contributed by atoms with E-state index in [0.29, 0.717) is 52.3 Å². The number of aromatic nitrogens is 1. The Balaban J connectivity index is 1.73. The Kier molecular flexibility index (Phi) is 5.19. The van der Waals surface area contributed by atoms with Gasteiger partial charge in [-0.1, -0.05) is 6.07 Å². The molecule has 166 valence electrons. The number of phenols is 1. The maximum Gasteiger partial charge on any atom is 0.177 e. The number of piperidine rings is 1. The number of anilines is 1. The molecule has 0 radical (unpaired) electrons. The van der Waals surface area contributed by atoms with E-state index in [9.17, 15) is 19.1 Å². The van der Waals surface area contributed by atoms with Gasteiger partial charge in [-0.2, -0.15) is 5.26 Å². The number of rotatable bonds is 3. The minimum atomic E-state index is -0.685. The maximum atomic E-state index is 14.0.